The third-order valence-electron chi connectivity index (χ3n) is 3.40. The maximum Gasteiger partial charge on any atom is 0.434 e. The summed E-state index contributed by atoms with van der Waals surface area (Å²) in [6.07, 6.45) is -4.44. The van der Waals surface area contributed by atoms with Crippen LogP contribution < -0.4 is 10.6 Å². The van der Waals surface area contributed by atoms with Gasteiger partial charge in [-0.2, -0.15) is 13.2 Å². The lowest BCUT2D eigenvalue weighted by Crippen LogP contribution is -2.36. The predicted molar refractivity (Wildman–Crippen MR) is 96.6 cm³/mol. The Bertz CT molecular complexity index is 788. The first-order chi connectivity index (χ1) is 12.8. The Morgan fingerprint density at radius 3 is 2.44 bits per heavy atom. The molecule has 0 atom stereocenters. The van der Waals surface area contributed by atoms with Crippen LogP contribution in [0.4, 0.5) is 13.2 Å². The molecule has 0 unspecified atom stereocenters. The molecule has 0 aliphatic heterocycles. The molecule has 146 valence electrons. The molecule has 1 aromatic heterocycles. The van der Waals surface area contributed by atoms with E-state index in [4.69, 9.17) is 4.74 Å². The van der Waals surface area contributed by atoms with E-state index in [2.05, 4.69) is 20.6 Å². The molecule has 0 saturated carbocycles. The van der Waals surface area contributed by atoms with Gasteiger partial charge in [-0.15, -0.1) is 11.3 Å². The van der Waals surface area contributed by atoms with Gasteiger partial charge in [0, 0.05) is 19.0 Å². The van der Waals surface area contributed by atoms with E-state index in [9.17, 15) is 18.0 Å². The third kappa shape index (κ3) is 6.24. The van der Waals surface area contributed by atoms with E-state index in [0.29, 0.717) is 29.7 Å². The maximum atomic E-state index is 12.6. The molecule has 2 N–H and O–H groups in total. The van der Waals surface area contributed by atoms with Gasteiger partial charge in [0.1, 0.15) is 5.01 Å². The fourth-order valence-corrected chi connectivity index (χ4v) is 2.80. The number of halogens is 3. The summed E-state index contributed by atoms with van der Waals surface area (Å²) < 4.78 is 42.6. The number of guanidine groups is 1. The van der Waals surface area contributed by atoms with Crippen LogP contribution >= 0.6 is 11.3 Å². The molecular formula is C17H19F3N4O2S. The number of hydrogen-bond acceptors (Lipinski definition) is 5. The highest BCUT2D eigenvalue weighted by Crippen LogP contribution is 2.29. The second-order valence-corrected chi connectivity index (χ2v) is 6.26. The Labute approximate surface area is 158 Å². The zero-order chi connectivity index (χ0) is 19.9. The Balaban J connectivity index is 1.85. The fourth-order valence-electron chi connectivity index (χ4n) is 2.06. The summed E-state index contributed by atoms with van der Waals surface area (Å²) in [6.45, 7) is 2.61. The number of nitrogens with one attached hydrogen (secondary N) is 2. The zero-order valence-electron chi connectivity index (χ0n) is 14.8. The van der Waals surface area contributed by atoms with E-state index in [1.165, 1.54) is 0 Å². The van der Waals surface area contributed by atoms with Gasteiger partial charge in [0.15, 0.2) is 11.7 Å². The van der Waals surface area contributed by atoms with Gasteiger partial charge in [-0.05, 0) is 24.6 Å². The van der Waals surface area contributed by atoms with Crippen LogP contribution in [0.25, 0.3) is 0 Å². The summed E-state index contributed by atoms with van der Waals surface area (Å²) in [4.78, 5) is 19.2. The molecule has 6 nitrogen and oxygen atoms in total. The van der Waals surface area contributed by atoms with Gasteiger partial charge in [0.25, 0.3) is 0 Å². The van der Waals surface area contributed by atoms with E-state index in [1.807, 2.05) is 0 Å². The van der Waals surface area contributed by atoms with Crippen molar-refractivity contribution in [2.45, 2.75) is 26.2 Å². The molecule has 0 aliphatic carbocycles. The minimum atomic E-state index is -4.44. The Morgan fingerprint density at radius 1 is 1.22 bits per heavy atom. The molecule has 0 amide bonds. The first-order valence-corrected chi connectivity index (χ1v) is 8.93. The summed E-state index contributed by atoms with van der Waals surface area (Å²) in [6, 6.07) is 6.89. The van der Waals surface area contributed by atoms with Gasteiger partial charge < -0.3 is 15.4 Å². The quantitative estimate of drug-likeness (QED) is 0.443. The van der Waals surface area contributed by atoms with Gasteiger partial charge in [0.2, 0.25) is 0 Å². The maximum absolute atomic E-state index is 12.6. The third-order valence-corrected chi connectivity index (χ3v) is 4.25. The van der Waals surface area contributed by atoms with Crippen LogP contribution in [0, 0.1) is 0 Å². The molecule has 0 spiro atoms. The minimum absolute atomic E-state index is 0.127. The highest BCUT2D eigenvalue weighted by Gasteiger charge is 2.33. The lowest BCUT2D eigenvalue weighted by atomic mass is 10.1. The molecule has 2 rings (SSSR count). The second kappa shape index (κ2) is 9.36. The number of alkyl halides is 3. The Morgan fingerprint density at radius 2 is 1.89 bits per heavy atom. The molecule has 27 heavy (non-hydrogen) atoms. The fraction of sp³-hybridized carbons (Fsp3) is 0.353. The zero-order valence-corrected chi connectivity index (χ0v) is 15.6. The van der Waals surface area contributed by atoms with Crippen LogP contribution in [0.3, 0.4) is 0 Å². The van der Waals surface area contributed by atoms with Crippen molar-refractivity contribution in [3.63, 3.8) is 0 Å². The molecule has 0 radical (unpaired) electrons. The number of thiazole rings is 1. The van der Waals surface area contributed by atoms with Gasteiger partial charge >= 0.3 is 12.1 Å². The molecule has 1 aromatic carbocycles. The van der Waals surface area contributed by atoms with Crippen molar-refractivity contribution in [1.82, 2.24) is 15.6 Å². The van der Waals surface area contributed by atoms with Gasteiger partial charge in [-0.3, -0.25) is 4.99 Å². The average molecular weight is 400 g/mol. The minimum Gasteiger partial charge on any atom is -0.462 e. The molecular weight excluding hydrogens is 381 g/mol. The van der Waals surface area contributed by atoms with Crippen molar-refractivity contribution in [2.75, 3.05) is 13.7 Å². The normalized spacial score (nSPS) is 12.0. The van der Waals surface area contributed by atoms with Crippen LogP contribution in [0.2, 0.25) is 0 Å². The van der Waals surface area contributed by atoms with E-state index < -0.39 is 11.9 Å². The average Bonchev–Trinajstić information content (AvgIpc) is 3.12. The number of nitrogens with zero attached hydrogens (tertiary/aromatic N) is 2. The number of benzene rings is 1. The summed E-state index contributed by atoms with van der Waals surface area (Å²) in [7, 11) is 1.56. The van der Waals surface area contributed by atoms with Crippen LogP contribution in [0.1, 0.15) is 33.5 Å². The number of aromatic nitrogens is 1. The van der Waals surface area contributed by atoms with E-state index >= 15 is 0 Å². The molecule has 10 heteroatoms. The number of hydrogen-bond donors (Lipinski definition) is 2. The van der Waals surface area contributed by atoms with Crippen molar-refractivity contribution in [3.05, 3.63) is 51.5 Å². The summed E-state index contributed by atoms with van der Waals surface area (Å²) in [5.41, 5.74) is 0.473. The van der Waals surface area contributed by atoms with Crippen molar-refractivity contribution in [2.24, 2.45) is 4.99 Å². The summed E-state index contributed by atoms with van der Waals surface area (Å²) >= 11 is 0.931. The molecule has 0 fully saturated rings. The summed E-state index contributed by atoms with van der Waals surface area (Å²) in [5, 5.41) is 7.25. The SMILES string of the molecule is CCOC(=O)c1ccc(CNC(=NC)NCc2nc(C(F)(F)F)cs2)cc1. The van der Waals surface area contributed by atoms with Crippen LogP contribution in [0.5, 0.6) is 0 Å². The van der Waals surface area contributed by atoms with Crippen molar-refractivity contribution in [1.29, 1.82) is 0 Å². The predicted octanol–water partition coefficient (Wildman–Crippen LogP) is 3.20. The number of aliphatic imine (C=N–C) groups is 1. The number of ether oxygens (including phenoxy) is 1. The molecule has 0 saturated heterocycles. The Hall–Kier alpha value is -2.62. The molecule has 1 heterocycles. The topological polar surface area (TPSA) is 75.6 Å². The van der Waals surface area contributed by atoms with Gasteiger partial charge in [-0.25, -0.2) is 9.78 Å². The van der Waals surface area contributed by atoms with Crippen LogP contribution in [-0.4, -0.2) is 30.6 Å². The Kier molecular flexibility index (Phi) is 7.17. The monoisotopic (exact) mass is 400 g/mol. The smallest absolute Gasteiger partial charge is 0.434 e. The molecule has 0 aliphatic rings. The van der Waals surface area contributed by atoms with E-state index in [-0.39, 0.29) is 12.5 Å². The second-order valence-electron chi connectivity index (χ2n) is 5.32. The van der Waals surface area contributed by atoms with Crippen molar-refractivity contribution < 1.29 is 22.7 Å². The van der Waals surface area contributed by atoms with E-state index in [1.54, 1.807) is 38.2 Å². The molecule has 2 aromatic rings. The first kappa shape index (κ1) is 20.7. The largest absolute Gasteiger partial charge is 0.462 e. The number of rotatable bonds is 6. The van der Waals surface area contributed by atoms with Crippen molar-refractivity contribution >= 4 is 23.3 Å². The highest BCUT2D eigenvalue weighted by molar-refractivity contribution is 7.09. The molecule has 0 bridgehead atoms. The number of esters is 1. The summed E-state index contributed by atoms with van der Waals surface area (Å²) in [5.74, 6) is 0.0457. The lowest BCUT2D eigenvalue weighted by Gasteiger charge is -2.11. The van der Waals surface area contributed by atoms with Gasteiger partial charge in [0.05, 0.1) is 18.7 Å². The number of carbonyl (C=O) groups is 1. The lowest BCUT2D eigenvalue weighted by molar-refractivity contribution is -0.140. The number of carbonyl (C=O) groups excluding carboxylic acids is 1. The highest BCUT2D eigenvalue weighted by atomic mass is 32.1. The standard InChI is InChI=1S/C17H19F3N4O2S/c1-3-26-15(25)12-6-4-11(5-7-12)8-22-16(21-2)23-9-14-24-13(10-27-14)17(18,19)20/h4-7,10H,3,8-9H2,1-2H3,(H2,21,22,23). The van der Waals surface area contributed by atoms with Gasteiger partial charge in [-0.1, -0.05) is 12.1 Å². The van der Waals surface area contributed by atoms with E-state index in [0.717, 1.165) is 22.3 Å². The van der Waals surface area contributed by atoms with Crippen molar-refractivity contribution in [3.8, 4) is 0 Å². The van der Waals surface area contributed by atoms with Crippen LogP contribution in [0.15, 0.2) is 34.6 Å². The first-order valence-electron chi connectivity index (χ1n) is 8.05. The van der Waals surface area contributed by atoms with Crippen LogP contribution in [-0.2, 0) is 24.0 Å².